The minimum atomic E-state index is -0.413. The van der Waals surface area contributed by atoms with Gasteiger partial charge in [-0.05, 0) is 59.5 Å². The van der Waals surface area contributed by atoms with Crippen molar-refractivity contribution < 1.29 is 14.3 Å². The lowest BCUT2D eigenvalue weighted by Crippen LogP contribution is -2.07. The third-order valence-electron chi connectivity index (χ3n) is 3.36. The summed E-state index contributed by atoms with van der Waals surface area (Å²) >= 11 is 7.17. The molecular formula is C19H15ClN2O3S. The van der Waals surface area contributed by atoms with Crippen molar-refractivity contribution in [3.8, 4) is 11.5 Å². The van der Waals surface area contributed by atoms with E-state index in [1.807, 2.05) is 17.5 Å². The van der Waals surface area contributed by atoms with Crippen molar-refractivity contribution in [2.24, 2.45) is 5.10 Å². The van der Waals surface area contributed by atoms with Gasteiger partial charge in [0.25, 0.3) is 0 Å². The summed E-state index contributed by atoms with van der Waals surface area (Å²) in [5.74, 6) is 0.392. The second-order valence-electron chi connectivity index (χ2n) is 5.15. The van der Waals surface area contributed by atoms with Gasteiger partial charge >= 0.3 is 5.97 Å². The molecule has 0 unspecified atom stereocenters. The van der Waals surface area contributed by atoms with E-state index in [1.54, 1.807) is 48.7 Å². The number of ether oxygens (including phenoxy) is 2. The molecule has 0 aliphatic rings. The van der Waals surface area contributed by atoms with E-state index < -0.39 is 5.97 Å². The summed E-state index contributed by atoms with van der Waals surface area (Å²) in [6.45, 7) is 0. The molecule has 1 heterocycles. The third kappa shape index (κ3) is 4.62. The molecule has 0 saturated heterocycles. The highest BCUT2D eigenvalue weighted by molar-refractivity contribution is 7.12. The Morgan fingerprint density at radius 1 is 1.15 bits per heavy atom. The van der Waals surface area contributed by atoms with Crippen LogP contribution in [0.4, 0.5) is 5.69 Å². The molecule has 0 atom stereocenters. The molecule has 0 amide bonds. The number of hydrogen-bond donors (Lipinski definition) is 1. The first-order valence-corrected chi connectivity index (χ1v) is 8.90. The maximum absolute atomic E-state index is 12.1. The van der Waals surface area contributed by atoms with Crippen LogP contribution >= 0.6 is 22.9 Å². The van der Waals surface area contributed by atoms with Crippen LogP contribution in [0.5, 0.6) is 11.5 Å². The van der Waals surface area contributed by atoms with E-state index in [4.69, 9.17) is 21.1 Å². The predicted molar refractivity (Wildman–Crippen MR) is 105 cm³/mol. The average Bonchev–Trinajstić information content (AvgIpc) is 3.19. The number of nitrogens with zero attached hydrogens (tertiary/aromatic N) is 1. The number of halogens is 1. The Morgan fingerprint density at radius 3 is 2.65 bits per heavy atom. The fourth-order valence-corrected chi connectivity index (χ4v) is 2.82. The van der Waals surface area contributed by atoms with Gasteiger partial charge in [-0.25, -0.2) is 4.79 Å². The fraction of sp³-hybridized carbons (Fsp3) is 0.0526. The first-order chi connectivity index (χ1) is 12.7. The van der Waals surface area contributed by atoms with Crippen LogP contribution in [0, 0.1) is 0 Å². The van der Waals surface area contributed by atoms with Gasteiger partial charge in [-0.2, -0.15) is 5.10 Å². The average molecular weight is 387 g/mol. The summed E-state index contributed by atoms with van der Waals surface area (Å²) in [6.07, 6.45) is 1.64. The van der Waals surface area contributed by atoms with Gasteiger partial charge in [-0.15, -0.1) is 11.3 Å². The highest BCUT2D eigenvalue weighted by atomic mass is 35.5. The van der Waals surface area contributed by atoms with Crippen molar-refractivity contribution in [2.45, 2.75) is 0 Å². The highest BCUT2D eigenvalue weighted by Crippen LogP contribution is 2.29. The molecule has 132 valence electrons. The first kappa shape index (κ1) is 18.0. The van der Waals surface area contributed by atoms with E-state index >= 15 is 0 Å². The Morgan fingerprint density at radius 2 is 1.96 bits per heavy atom. The molecule has 0 radical (unpaired) electrons. The van der Waals surface area contributed by atoms with Crippen LogP contribution < -0.4 is 14.9 Å². The summed E-state index contributed by atoms with van der Waals surface area (Å²) in [4.78, 5) is 12.6. The van der Waals surface area contributed by atoms with Crippen LogP contribution in [0.15, 0.2) is 65.1 Å². The monoisotopic (exact) mass is 386 g/mol. The Bertz CT molecular complexity index is 909. The van der Waals surface area contributed by atoms with E-state index in [2.05, 4.69) is 10.5 Å². The highest BCUT2D eigenvalue weighted by Gasteiger charge is 2.13. The number of hydrazone groups is 1. The number of methoxy groups -OCH3 is 1. The standard InChI is InChI=1S/C19H15ClN2O3S/c1-24-17-11-13(12-21-22-15-7-5-14(20)6-8-15)4-9-16(17)25-19(23)18-3-2-10-26-18/h2-12,22H,1H3/b21-12-. The number of carbonyl (C=O) groups excluding carboxylic acids is 1. The molecule has 0 saturated carbocycles. The zero-order valence-corrected chi connectivity index (χ0v) is 15.4. The van der Waals surface area contributed by atoms with Crippen molar-refractivity contribution in [2.75, 3.05) is 12.5 Å². The van der Waals surface area contributed by atoms with Gasteiger partial charge in [0, 0.05) is 5.02 Å². The van der Waals surface area contributed by atoms with Crippen molar-refractivity contribution in [1.29, 1.82) is 0 Å². The summed E-state index contributed by atoms with van der Waals surface area (Å²) in [7, 11) is 1.52. The van der Waals surface area contributed by atoms with Crippen molar-refractivity contribution in [3.05, 3.63) is 75.4 Å². The van der Waals surface area contributed by atoms with Crippen LogP contribution in [0.1, 0.15) is 15.2 Å². The van der Waals surface area contributed by atoms with E-state index in [-0.39, 0.29) is 0 Å². The second-order valence-corrected chi connectivity index (χ2v) is 6.54. The Hall–Kier alpha value is -2.83. The van der Waals surface area contributed by atoms with Crippen LogP contribution in [0.3, 0.4) is 0 Å². The molecule has 0 spiro atoms. The Kier molecular flexibility index (Phi) is 5.88. The van der Waals surface area contributed by atoms with E-state index in [0.717, 1.165) is 11.3 Å². The Labute approximate surface area is 159 Å². The van der Waals surface area contributed by atoms with E-state index in [9.17, 15) is 4.79 Å². The van der Waals surface area contributed by atoms with Gasteiger partial charge in [-0.1, -0.05) is 17.7 Å². The second kappa shape index (κ2) is 8.51. The van der Waals surface area contributed by atoms with Gasteiger partial charge < -0.3 is 9.47 Å². The number of hydrogen-bond acceptors (Lipinski definition) is 6. The molecule has 3 aromatic rings. The quantitative estimate of drug-likeness (QED) is 0.278. The summed E-state index contributed by atoms with van der Waals surface area (Å²) in [6, 6.07) is 15.9. The Balaban J connectivity index is 1.68. The van der Waals surface area contributed by atoms with Gasteiger partial charge in [0.2, 0.25) is 0 Å². The topological polar surface area (TPSA) is 59.9 Å². The van der Waals surface area contributed by atoms with Crippen molar-refractivity contribution in [1.82, 2.24) is 0 Å². The van der Waals surface area contributed by atoms with E-state index in [1.165, 1.54) is 18.4 Å². The van der Waals surface area contributed by atoms with Crippen LogP contribution in [-0.2, 0) is 0 Å². The number of anilines is 1. The molecule has 5 nitrogen and oxygen atoms in total. The first-order valence-electron chi connectivity index (χ1n) is 7.64. The van der Waals surface area contributed by atoms with Gasteiger partial charge in [0.05, 0.1) is 19.0 Å². The molecule has 0 bridgehead atoms. The smallest absolute Gasteiger partial charge is 0.353 e. The minimum absolute atomic E-state index is 0.355. The molecule has 0 fully saturated rings. The molecule has 0 aliphatic carbocycles. The maximum Gasteiger partial charge on any atom is 0.353 e. The number of carbonyl (C=O) groups is 1. The molecular weight excluding hydrogens is 372 g/mol. The van der Waals surface area contributed by atoms with Crippen molar-refractivity contribution in [3.63, 3.8) is 0 Å². The van der Waals surface area contributed by atoms with Gasteiger partial charge in [0.15, 0.2) is 11.5 Å². The third-order valence-corrected chi connectivity index (χ3v) is 4.47. The lowest BCUT2D eigenvalue weighted by atomic mass is 10.2. The number of esters is 1. The summed E-state index contributed by atoms with van der Waals surface area (Å²) < 4.78 is 10.7. The lowest BCUT2D eigenvalue weighted by molar-refractivity contribution is 0.0735. The molecule has 1 N–H and O–H groups in total. The normalized spacial score (nSPS) is 10.7. The lowest BCUT2D eigenvalue weighted by Gasteiger charge is -2.09. The largest absolute Gasteiger partial charge is 0.493 e. The molecule has 2 aromatic carbocycles. The number of rotatable bonds is 6. The molecule has 1 aromatic heterocycles. The van der Waals surface area contributed by atoms with Crippen LogP contribution in [-0.4, -0.2) is 19.3 Å². The van der Waals surface area contributed by atoms with Crippen LogP contribution in [0.25, 0.3) is 0 Å². The number of nitrogens with one attached hydrogen (secondary N) is 1. The molecule has 7 heteroatoms. The molecule has 0 aliphatic heterocycles. The predicted octanol–water partition coefficient (Wildman–Crippen LogP) is 5.08. The minimum Gasteiger partial charge on any atom is -0.493 e. The van der Waals surface area contributed by atoms with E-state index in [0.29, 0.717) is 21.4 Å². The van der Waals surface area contributed by atoms with Gasteiger partial charge in [0.1, 0.15) is 4.88 Å². The van der Waals surface area contributed by atoms with Crippen molar-refractivity contribution >= 4 is 40.8 Å². The maximum atomic E-state index is 12.1. The zero-order chi connectivity index (χ0) is 18.4. The summed E-state index contributed by atoms with van der Waals surface area (Å²) in [5, 5.41) is 6.65. The van der Waals surface area contributed by atoms with Crippen LogP contribution in [0.2, 0.25) is 5.02 Å². The van der Waals surface area contributed by atoms with Gasteiger partial charge in [-0.3, -0.25) is 5.43 Å². The SMILES string of the molecule is COc1cc(/C=N\Nc2ccc(Cl)cc2)ccc1OC(=O)c1cccs1. The fourth-order valence-electron chi connectivity index (χ4n) is 2.10. The molecule has 26 heavy (non-hydrogen) atoms. The zero-order valence-electron chi connectivity index (χ0n) is 13.8. The number of thiophene rings is 1. The summed E-state index contributed by atoms with van der Waals surface area (Å²) in [5.41, 5.74) is 4.52. The number of benzene rings is 2. The molecule has 3 rings (SSSR count).